The average Bonchev–Trinajstić information content (AvgIpc) is 1.97. The molecule has 0 aliphatic rings. The van der Waals surface area contributed by atoms with Crippen LogP contribution in [0.3, 0.4) is 0 Å². The summed E-state index contributed by atoms with van der Waals surface area (Å²) in [7, 11) is 0. The SMILES string of the molecule is CCCCCNC(C)CC(C)O. The number of hydrogen-bond donors (Lipinski definition) is 2. The van der Waals surface area contributed by atoms with Gasteiger partial charge in [-0.25, -0.2) is 0 Å². The van der Waals surface area contributed by atoms with E-state index in [2.05, 4.69) is 19.2 Å². The molecule has 2 nitrogen and oxygen atoms in total. The predicted molar refractivity (Wildman–Crippen MR) is 53.3 cm³/mol. The van der Waals surface area contributed by atoms with Gasteiger partial charge in [0.15, 0.2) is 0 Å². The maximum Gasteiger partial charge on any atom is 0.0526 e. The molecular formula is C10H23NO. The topological polar surface area (TPSA) is 32.3 Å². The van der Waals surface area contributed by atoms with E-state index in [4.69, 9.17) is 5.11 Å². The van der Waals surface area contributed by atoms with Crippen LogP contribution in [0.4, 0.5) is 0 Å². The van der Waals surface area contributed by atoms with E-state index in [-0.39, 0.29) is 6.10 Å². The monoisotopic (exact) mass is 173 g/mol. The Balaban J connectivity index is 3.14. The molecule has 0 aromatic heterocycles. The first-order chi connectivity index (χ1) is 5.66. The molecule has 0 rings (SSSR count). The van der Waals surface area contributed by atoms with Gasteiger partial charge in [0, 0.05) is 6.04 Å². The fraction of sp³-hybridized carbons (Fsp3) is 1.00. The van der Waals surface area contributed by atoms with Gasteiger partial charge >= 0.3 is 0 Å². The van der Waals surface area contributed by atoms with Gasteiger partial charge in [-0.3, -0.25) is 0 Å². The van der Waals surface area contributed by atoms with Crippen LogP contribution in [-0.2, 0) is 0 Å². The summed E-state index contributed by atoms with van der Waals surface area (Å²) in [5.41, 5.74) is 0. The lowest BCUT2D eigenvalue weighted by atomic mass is 10.1. The van der Waals surface area contributed by atoms with Gasteiger partial charge in [0.1, 0.15) is 0 Å². The molecule has 2 heteroatoms. The van der Waals surface area contributed by atoms with Crippen molar-refractivity contribution >= 4 is 0 Å². The molecule has 2 unspecified atom stereocenters. The Morgan fingerprint density at radius 3 is 2.42 bits per heavy atom. The zero-order valence-electron chi connectivity index (χ0n) is 8.64. The molecule has 0 amide bonds. The number of aliphatic hydroxyl groups is 1. The zero-order chi connectivity index (χ0) is 9.40. The van der Waals surface area contributed by atoms with E-state index in [1.807, 2.05) is 6.92 Å². The molecule has 0 bridgehead atoms. The first kappa shape index (κ1) is 11.9. The van der Waals surface area contributed by atoms with E-state index in [0.717, 1.165) is 13.0 Å². The van der Waals surface area contributed by atoms with Crippen molar-refractivity contribution in [2.75, 3.05) is 6.54 Å². The fourth-order valence-electron chi connectivity index (χ4n) is 1.32. The second-order valence-corrected chi connectivity index (χ2v) is 3.65. The highest BCUT2D eigenvalue weighted by Crippen LogP contribution is 1.97. The Morgan fingerprint density at radius 2 is 1.92 bits per heavy atom. The lowest BCUT2D eigenvalue weighted by molar-refractivity contribution is 0.170. The lowest BCUT2D eigenvalue weighted by Crippen LogP contribution is -2.29. The predicted octanol–water partition coefficient (Wildman–Crippen LogP) is 1.93. The van der Waals surface area contributed by atoms with Crippen molar-refractivity contribution in [2.45, 2.75) is 58.6 Å². The van der Waals surface area contributed by atoms with Gasteiger partial charge in [-0.15, -0.1) is 0 Å². The third kappa shape index (κ3) is 8.02. The third-order valence-corrected chi connectivity index (χ3v) is 1.97. The number of rotatable bonds is 7. The van der Waals surface area contributed by atoms with Crippen molar-refractivity contribution in [3.8, 4) is 0 Å². The summed E-state index contributed by atoms with van der Waals surface area (Å²) >= 11 is 0. The molecule has 0 aromatic carbocycles. The lowest BCUT2D eigenvalue weighted by Gasteiger charge is -2.14. The Kier molecular flexibility index (Phi) is 7.51. The standard InChI is InChI=1S/C10H23NO/c1-4-5-6-7-11-9(2)8-10(3)12/h9-12H,4-8H2,1-3H3. The average molecular weight is 173 g/mol. The van der Waals surface area contributed by atoms with Gasteiger partial charge in [0.2, 0.25) is 0 Å². The van der Waals surface area contributed by atoms with Crippen LogP contribution in [0.15, 0.2) is 0 Å². The molecule has 2 N–H and O–H groups in total. The highest BCUT2D eigenvalue weighted by atomic mass is 16.3. The van der Waals surface area contributed by atoms with Crippen molar-refractivity contribution in [2.24, 2.45) is 0 Å². The molecule has 0 saturated heterocycles. The van der Waals surface area contributed by atoms with E-state index in [0.29, 0.717) is 6.04 Å². The van der Waals surface area contributed by atoms with E-state index >= 15 is 0 Å². The van der Waals surface area contributed by atoms with Gasteiger partial charge < -0.3 is 10.4 Å². The van der Waals surface area contributed by atoms with E-state index in [1.54, 1.807) is 0 Å². The Hall–Kier alpha value is -0.0800. The highest BCUT2D eigenvalue weighted by Gasteiger charge is 2.03. The van der Waals surface area contributed by atoms with Crippen LogP contribution in [0.2, 0.25) is 0 Å². The van der Waals surface area contributed by atoms with Crippen LogP contribution in [0, 0.1) is 0 Å². The van der Waals surface area contributed by atoms with Crippen LogP contribution < -0.4 is 5.32 Å². The summed E-state index contributed by atoms with van der Waals surface area (Å²) in [6, 6.07) is 0.446. The molecular weight excluding hydrogens is 150 g/mol. The molecule has 0 radical (unpaired) electrons. The fourth-order valence-corrected chi connectivity index (χ4v) is 1.32. The van der Waals surface area contributed by atoms with Crippen molar-refractivity contribution < 1.29 is 5.11 Å². The van der Waals surface area contributed by atoms with Gasteiger partial charge in [-0.05, 0) is 33.2 Å². The zero-order valence-corrected chi connectivity index (χ0v) is 8.64. The maximum absolute atomic E-state index is 9.09. The quantitative estimate of drug-likeness (QED) is 0.577. The van der Waals surface area contributed by atoms with E-state index in [9.17, 15) is 0 Å². The van der Waals surface area contributed by atoms with Crippen molar-refractivity contribution in [3.05, 3.63) is 0 Å². The molecule has 0 aromatic rings. The highest BCUT2D eigenvalue weighted by molar-refractivity contribution is 4.63. The van der Waals surface area contributed by atoms with Gasteiger partial charge in [-0.2, -0.15) is 0 Å². The molecule has 0 aliphatic carbocycles. The van der Waals surface area contributed by atoms with Gasteiger partial charge in [0.25, 0.3) is 0 Å². The smallest absolute Gasteiger partial charge is 0.0526 e. The first-order valence-corrected chi connectivity index (χ1v) is 5.08. The summed E-state index contributed by atoms with van der Waals surface area (Å²) in [4.78, 5) is 0. The minimum Gasteiger partial charge on any atom is -0.393 e. The number of hydrogen-bond acceptors (Lipinski definition) is 2. The number of nitrogens with one attached hydrogen (secondary N) is 1. The minimum absolute atomic E-state index is 0.182. The Bertz CT molecular complexity index is 93.8. The van der Waals surface area contributed by atoms with E-state index < -0.39 is 0 Å². The summed E-state index contributed by atoms with van der Waals surface area (Å²) in [6.45, 7) is 7.25. The van der Waals surface area contributed by atoms with E-state index in [1.165, 1.54) is 19.3 Å². The van der Waals surface area contributed by atoms with Crippen molar-refractivity contribution in [1.82, 2.24) is 5.32 Å². The second kappa shape index (κ2) is 7.56. The van der Waals surface area contributed by atoms with Crippen LogP contribution in [-0.4, -0.2) is 23.8 Å². The molecule has 0 spiro atoms. The second-order valence-electron chi connectivity index (χ2n) is 3.65. The number of aliphatic hydroxyl groups excluding tert-OH is 1. The maximum atomic E-state index is 9.09. The van der Waals surface area contributed by atoms with Crippen LogP contribution in [0.1, 0.15) is 46.5 Å². The Labute approximate surface area is 76.4 Å². The summed E-state index contributed by atoms with van der Waals surface area (Å²) in [5, 5.41) is 12.5. The van der Waals surface area contributed by atoms with Crippen LogP contribution in [0.5, 0.6) is 0 Å². The molecule has 74 valence electrons. The normalized spacial score (nSPS) is 16.0. The molecule has 0 fully saturated rings. The summed E-state index contributed by atoms with van der Waals surface area (Å²) < 4.78 is 0. The molecule has 0 heterocycles. The van der Waals surface area contributed by atoms with Gasteiger partial charge in [0.05, 0.1) is 6.10 Å². The summed E-state index contributed by atoms with van der Waals surface area (Å²) in [6.07, 6.45) is 4.49. The molecule has 0 saturated carbocycles. The first-order valence-electron chi connectivity index (χ1n) is 5.08. The minimum atomic E-state index is -0.182. The largest absolute Gasteiger partial charge is 0.393 e. The van der Waals surface area contributed by atoms with Crippen LogP contribution in [0.25, 0.3) is 0 Å². The molecule has 0 aliphatic heterocycles. The van der Waals surface area contributed by atoms with Crippen molar-refractivity contribution in [3.63, 3.8) is 0 Å². The van der Waals surface area contributed by atoms with Gasteiger partial charge in [-0.1, -0.05) is 19.8 Å². The summed E-state index contributed by atoms with van der Waals surface area (Å²) in [5.74, 6) is 0. The molecule has 12 heavy (non-hydrogen) atoms. The van der Waals surface area contributed by atoms with Crippen LogP contribution >= 0.6 is 0 Å². The third-order valence-electron chi connectivity index (χ3n) is 1.97. The number of unbranched alkanes of at least 4 members (excludes halogenated alkanes) is 2. The Morgan fingerprint density at radius 1 is 1.25 bits per heavy atom. The van der Waals surface area contributed by atoms with Crippen molar-refractivity contribution in [1.29, 1.82) is 0 Å². The molecule has 2 atom stereocenters.